The summed E-state index contributed by atoms with van der Waals surface area (Å²) in [5, 5.41) is 3.00. The molecule has 0 radical (unpaired) electrons. The summed E-state index contributed by atoms with van der Waals surface area (Å²) in [7, 11) is 0. The van der Waals surface area contributed by atoms with E-state index in [1.165, 1.54) is 25.1 Å². The lowest BCUT2D eigenvalue weighted by atomic mass is 10.1. The molecule has 1 aromatic heterocycles. The van der Waals surface area contributed by atoms with Gasteiger partial charge >= 0.3 is 6.18 Å². The Balaban J connectivity index is 2.24. The number of imidazole rings is 1. The van der Waals surface area contributed by atoms with Crippen LogP contribution in [0.15, 0.2) is 18.2 Å². The van der Waals surface area contributed by atoms with Gasteiger partial charge in [-0.05, 0) is 30.7 Å². The minimum Gasteiger partial charge on any atom is -0.311 e. The predicted octanol–water partition coefficient (Wildman–Crippen LogP) is 2.98. The Morgan fingerprint density at radius 2 is 2.05 bits per heavy atom. The molecule has 0 atom stereocenters. The molecule has 0 saturated heterocycles. The molecule has 112 valence electrons. The molecule has 0 fully saturated rings. The molecule has 1 aliphatic heterocycles. The first kappa shape index (κ1) is 14.1. The molecular formula is C14H13F4N3. The van der Waals surface area contributed by atoms with E-state index in [9.17, 15) is 17.6 Å². The third-order valence-corrected chi connectivity index (χ3v) is 3.54. The van der Waals surface area contributed by atoms with Crippen LogP contribution >= 0.6 is 0 Å². The van der Waals surface area contributed by atoms with Crippen molar-refractivity contribution in [2.75, 3.05) is 6.54 Å². The average Bonchev–Trinajstić information content (AvgIpc) is 2.81. The number of hydrogen-bond donors (Lipinski definition) is 1. The highest BCUT2D eigenvalue weighted by atomic mass is 19.4. The lowest BCUT2D eigenvalue weighted by molar-refractivity contribution is -0.146. The second kappa shape index (κ2) is 4.84. The first-order valence-corrected chi connectivity index (χ1v) is 6.53. The lowest BCUT2D eigenvalue weighted by Crippen LogP contribution is -2.25. The molecule has 7 heteroatoms. The second-order valence-corrected chi connectivity index (χ2v) is 5.02. The molecule has 3 rings (SSSR count). The first-order valence-electron chi connectivity index (χ1n) is 6.53. The van der Waals surface area contributed by atoms with Gasteiger partial charge in [-0.25, -0.2) is 9.37 Å². The van der Waals surface area contributed by atoms with Crippen LogP contribution in [-0.4, -0.2) is 16.1 Å². The van der Waals surface area contributed by atoms with Gasteiger partial charge in [-0.2, -0.15) is 13.2 Å². The molecule has 1 aromatic carbocycles. The zero-order chi connectivity index (χ0) is 15.2. The van der Waals surface area contributed by atoms with Crippen molar-refractivity contribution >= 4 is 0 Å². The molecule has 1 N–H and O–H groups in total. The van der Waals surface area contributed by atoms with Crippen LogP contribution in [-0.2, 0) is 19.1 Å². The maximum Gasteiger partial charge on any atom is 0.450 e. The van der Waals surface area contributed by atoms with Gasteiger partial charge in [-0.15, -0.1) is 0 Å². The maximum atomic E-state index is 13.4. The number of nitrogens with zero attached hydrogens (tertiary/aromatic N) is 2. The minimum absolute atomic E-state index is 0.289. The van der Waals surface area contributed by atoms with Gasteiger partial charge in [-0.3, -0.25) is 4.57 Å². The highest BCUT2D eigenvalue weighted by Crippen LogP contribution is 2.33. The van der Waals surface area contributed by atoms with Crippen LogP contribution in [0.4, 0.5) is 17.6 Å². The molecule has 0 amide bonds. The lowest BCUT2D eigenvalue weighted by Gasteiger charge is -2.17. The summed E-state index contributed by atoms with van der Waals surface area (Å²) < 4.78 is 54.1. The quantitative estimate of drug-likeness (QED) is 0.820. The Labute approximate surface area is 118 Å². The van der Waals surface area contributed by atoms with Crippen LogP contribution in [0.1, 0.15) is 22.8 Å². The summed E-state index contributed by atoms with van der Waals surface area (Å²) in [6.07, 6.45) is -4.10. The van der Waals surface area contributed by atoms with Crippen LogP contribution in [0.25, 0.3) is 5.69 Å². The normalized spacial score (nSPS) is 15.1. The molecule has 2 aromatic rings. The van der Waals surface area contributed by atoms with E-state index >= 15 is 0 Å². The number of halogens is 4. The molecule has 0 spiro atoms. The molecule has 21 heavy (non-hydrogen) atoms. The van der Waals surface area contributed by atoms with Crippen LogP contribution in [0.5, 0.6) is 0 Å². The van der Waals surface area contributed by atoms with Crippen LogP contribution in [0.3, 0.4) is 0 Å². The van der Waals surface area contributed by atoms with Crippen LogP contribution in [0, 0.1) is 12.7 Å². The van der Waals surface area contributed by atoms with E-state index in [2.05, 4.69) is 10.3 Å². The number of benzene rings is 1. The van der Waals surface area contributed by atoms with Crippen molar-refractivity contribution in [2.45, 2.75) is 26.1 Å². The monoisotopic (exact) mass is 299 g/mol. The van der Waals surface area contributed by atoms with Crippen LogP contribution < -0.4 is 5.32 Å². The van der Waals surface area contributed by atoms with Crippen molar-refractivity contribution in [3.8, 4) is 5.69 Å². The Hall–Kier alpha value is -1.89. The zero-order valence-electron chi connectivity index (χ0n) is 11.3. The largest absolute Gasteiger partial charge is 0.450 e. The molecule has 0 saturated carbocycles. The van der Waals surface area contributed by atoms with E-state index in [0.717, 1.165) is 4.57 Å². The Kier molecular flexibility index (Phi) is 3.24. The topological polar surface area (TPSA) is 29.9 Å². The number of aromatic nitrogens is 2. The SMILES string of the molecule is Cc1cc(-n2c(C(F)(F)F)nc3c2CCNC3)ccc1F. The van der Waals surface area contributed by atoms with Gasteiger partial charge in [0.05, 0.1) is 5.69 Å². The smallest absolute Gasteiger partial charge is 0.311 e. The molecule has 2 heterocycles. The van der Waals surface area contributed by atoms with E-state index in [-0.39, 0.29) is 5.69 Å². The number of fused-ring (bicyclic) bond motifs is 1. The number of alkyl halides is 3. The summed E-state index contributed by atoms with van der Waals surface area (Å²) >= 11 is 0. The van der Waals surface area contributed by atoms with E-state index < -0.39 is 17.8 Å². The van der Waals surface area contributed by atoms with Crippen molar-refractivity contribution in [3.05, 3.63) is 46.8 Å². The van der Waals surface area contributed by atoms with Crippen molar-refractivity contribution in [1.29, 1.82) is 0 Å². The molecule has 3 nitrogen and oxygen atoms in total. The van der Waals surface area contributed by atoms with Gasteiger partial charge in [0.2, 0.25) is 5.82 Å². The summed E-state index contributed by atoms with van der Waals surface area (Å²) in [6.45, 7) is 2.43. The predicted molar refractivity (Wildman–Crippen MR) is 68.7 cm³/mol. The van der Waals surface area contributed by atoms with E-state index in [0.29, 0.717) is 36.5 Å². The van der Waals surface area contributed by atoms with E-state index in [1.54, 1.807) is 0 Å². The standard InChI is InChI=1S/C14H13F4N3/c1-8-6-9(2-3-10(8)15)21-12-4-5-19-7-11(12)20-13(21)14(16,17)18/h2-3,6,19H,4-5,7H2,1H3. The van der Waals surface area contributed by atoms with Gasteiger partial charge in [0.15, 0.2) is 0 Å². The third kappa shape index (κ3) is 2.42. The maximum absolute atomic E-state index is 13.4. The van der Waals surface area contributed by atoms with Gasteiger partial charge in [0.1, 0.15) is 5.82 Å². The molecule has 1 aliphatic rings. The number of aryl methyl sites for hydroxylation is 1. The van der Waals surface area contributed by atoms with Crippen molar-refractivity contribution in [3.63, 3.8) is 0 Å². The number of nitrogens with one attached hydrogen (secondary N) is 1. The fraction of sp³-hybridized carbons (Fsp3) is 0.357. The fourth-order valence-corrected chi connectivity index (χ4v) is 2.55. The third-order valence-electron chi connectivity index (χ3n) is 3.54. The summed E-state index contributed by atoms with van der Waals surface area (Å²) in [5.41, 5.74) is 1.52. The molecule has 0 bridgehead atoms. The summed E-state index contributed by atoms with van der Waals surface area (Å²) in [6, 6.07) is 3.94. The Morgan fingerprint density at radius 3 is 2.71 bits per heavy atom. The van der Waals surface area contributed by atoms with Crippen molar-refractivity contribution < 1.29 is 17.6 Å². The minimum atomic E-state index is -4.56. The van der Waals surface area contributed by atoms with E-state index in [1.807, 2.05) is 0 Å². The highest BCUT2D eigenvalue weighted by Gasteiger charge is 2.39. The Morgan fingerprint density at radius 1 is 1.29 bits per heavy atom. The molecule has 0 aliphatic carbocycles. The second-order valence-electron chi connectivity index (χ2n) is 5.02. The van der Waals surface area contributed by atoms with Crippen molar-refractivity contribution in [2.24, 2.45) is 0 Å². The molecular weight excluding hydrogens is 286 g/mol. The first-order chi connectivity index (χ1) is 9.88. The van der Waals surface area contributed by atoms with Crippen LogP contribution in [0.2, 0.25) is 0 Å². The number of hydrogen-bond acceptors (Lipinski definition) is 2. The fourth-order valence-electron chi connectivity index (χ4n) is 2.55. The summed E-state index contributed by atoms with van der Waals surface area (Å²) in [5.74, 6) is -1.40. The van der Waals surface area contributed by atoms with E-state index in [4.69, 9.17) is 0 Å². The van der Waals surface area contributed by atoms with Gasteiger partial charge < -0.3 is 5.32 Å². The van der Waals surface area contributed by atoms with Gasteiger partial charge in [0, 0.05) is 30.9 Å². The van der Waals surface area contributed by atoms with Gasteiger partial charge in [-0.1, -0.05) is 0 Å². The van der Waals surface area contributed by atoms with Crippen molar-refractivity contribution in [1.82, 2.24) is 14.9 Å². The average molecular weight is 299 g/mol. The molecule has 0 unspecified atom stereocenters. The zero-order valence-corrected chi connectivity index (χ0v) is 11.3. The number of rotatable bonds is 1. The summed E-state index contributed by atoms with van der Waals surface area (Å²) in [4.78, 5) is 3.73. The highest BCUT2D eigenvalue weighted by molar-refractivity contribution is 5.42. The van der Waals surface area contributed by atoms with Gasteiger partial charge in [0.25, 0.3) is 0 Å². The Bertz CT molecular complexity index is 688.